The number of nitrogens with two attached hydrogens (primary N) is 1. The van der Waals surface area contributed by atoms with Crippen molar-refractivity contribution in [1.29, 1.82) is 0 Å². The topological polar surface area (TPSA) is 50.7 Å². The van der Waals surface area contributed by atoms with Gasteiger partial charge in [0.25, 0.3) is 0 Å². The molecule has 0 aliphatic rings. The first-order valence-electron chi connectivity index (χ1n) is 2.74. The molecule has 0 fully saturated rings. The summed E-state index contributed by atoms with van der Waals surface area (Å²) in [5, 5.41) is 0. The highest BCUT2D eigenvalue weighted by Crippen LogP contribution is 1.74. The molecule has 0 radical (unpaired) electrons. The van der Waals surface area contributed by atoms with E-state index in [9.17, 15) is 0 Å². The number of hydrogen-bond donors (Lipinski definition) is 1. The Hall–Kier alpha value is -1.12. The van der Waals surface area contributed by atoms with E-state index in [-0.39, 0.29) is 5.96 Å². The van der Waals surface area contributed by atoms with Crippen LogP contribution < -0.4 is 5.73 Å². The highest BCUT2D eigenvalue weighted by molar-refractivity contribution is 5.86. The van der Waals surface area contributed by atoms with E-state index in [1.54, 1.807) is 25.4 Å². The molecule has 0 aromatic heterocycles. The van der Waals surface area contributed by atoms with Crippen molar-refractivity contribution >= 4 is 12.2 Å². The maximum absolute atomic E-state index is 5.27. The standard InChI is InChI=1S/C6H11N3/c1-3-5-9-6(7)8-4-2/h3-5H,1-2H3,(H2,7,9)/b5-3+,8-4?. The molecule has 0 bridgehead atoms. The van der Waals surface area contributed by atoms with E-state index in [1.807, 2.05) is 6.92 Å². The Morgan fingerprint density at radius 2 is 2.11 bits per heavy atom. The van der Waals surface area contributed by atoms with Crippen molar-refractivity contribution in [1.82, 2.24) is 0 Å². The van der Waals surface area contributed by atoms with Crippen LogP contribution in [-0.4, -0.2) is 12.2 Å². The van der Waals surface area contributed by atoms with Gasteiger partial charge in [0.2, 0.25) is 5.96 Å². The lowest BCUT2D eigenvalue weighted by Gasteiger charge is -1.83. The maximum Gasteiger partial charge on any atom is 0.219 e. The molecule has 0 atom stereocenters. The maximum atomic E-state index is 5.27. The Morgan fingerprint density at radius 1 is 1.44 bits per heavy atom. The summed E-state index contributed by atoms with van der Waals surface area (Å²) in [7, 11) is 0. The van der Waals surface area contributed by atoms with E-state index in [0.717, 1.165) is 0 Å². The average molecular weight is 125 g/mol. The zero-order chi connectivity index (χ0) is 7.11. The van der Waals surface area contributed by atoms with Crippen LogP contribution in [0.4, 0.5) is 0 Å². The highest BCUT2D eigenvalue weighted by atomic mass is 15.0. The summed E-state index contributed by atoms with van der Waals surface area (Å²) in [5.41, 5.74) is 5.27. The molecule has 0 heterocycles. The fourth-order valence-corrected chi connectivity index (χ4v) is 0.317. The van der Waals surface area contributed by atoms with Crippen LogP contribution in [0.5, 0.6) is 0 Å². The molecule has 0 aliphatic carbocycles. The number of allylic oxidation sites excluding steroid dienone is 1. The summed E-state index contributed by atoms with van der Waals surface area (Å²) in [5.74, 6) is 0.288. The Kier molecular flexibility index (Phi) is 4.40. The van der Waals surface area contributed by atoms with Crippen molar-refractivity contribution in [3.8, 4) is 0 Å². The van der Waals surface area contributed by atoms with Gasteiger partial charge in [-0.15, -0.1) is 0 Å². The van der Waals surface area contributed by atoms with Gasteiger partial charge in [-0.25, -0.2) is 9.98 Å². The molecule has 0 saturated heterocycles. The molecule has 0 aromatic rings. The van der Waals surface area contributed by atoms with Gasteiger partial charge in [0.1, 0.15) is 0 Å². The summed E-state index contributed by atoms with van der Waals surface area (Å²) >= 11 is 0. The lowest BCUT2D eigenvalue weighted by molar-refractivity contribution is 1.42. The van der Waals surface area contributed by atoms with E-state index < -0.39 is 0 Å². The van der Waals surface area contributed by atoms with E-state index in [0.29, 0.717) is 0 Å². The fraction of sp³-hybridized carbons (Fsp3) is 0.333. The molecule has 0 rings (SSSR count). The van der Waals surface area contributed by atoms with Crippen LogP contribution in [0.3, 0.4) is 0 Å². The monoisotopic (exact) mass is 125 g/mol. The van der Waals surface area contributed by atoms with Crippen molar-refractivity contribution in [2.45, 2.75) is 13.8 Å². The molecule has 3 heteroatoms. The second-order valence-corrected chi connectivity index (χ2v) is 1.36. The fourth-order valence-electron chi connectivity index (χ4n) is 0.317. The normalized spacial score (nSPS) is 13.8. The zero-order valence-electron chi connectivity index (χ0n) is 5.70. The average Bonchev–Trinajstić information content (AvgIpc) is 1.85. The van der Waals surface area contributed by atoms with Gasteiger partial charge in [-0.1, -0.05) is 6.08 Å². The Balaban J connectivity index is 3.84. The summed E-state index contributed by atoms with van der Waals surface area (Å²) < 4.78 is 0. The van der Waals surface area contributed by atoms with Gasteiger partial charge in [0.15, 0.2) is 0 Å². The van der Waals surface area contributed by atoms with E-state index >= 15 is 0 Å². The largest absolute Gasteiger partial charge is 0.368 e. The van der Waals surface area contributed by atoms with Crippen molar-refractivity contribution in [3.05, 3.63) is 12.3 Å². The van der Waals surface area contributed by atoms with Gasteiger partial charge >= 0.3 is 0 Å². The molecule has 9 heavy (non-hydrogen) atoms. The summed E-state index contributed by atoms with van der Waals surface area (Å²) in [4.78, 5) is 7.46. The van der Waals surface area contributed by atoms with Crippen LogP contribution >= 0.6 is 0 Å². The van der Waals surface area contributed by atoms with Crippen LogP contribution in [0, 0.1) is 0 Å². The van der Waals surface area contributed by atoms with Crippen molar-refractivity contribution < 1.29 is 0 Å². The van der Waals surface area contributed by atoms with Crippen molar-refractivity contribution in [3.63, 3.8) is 0 Å². The van der Waals surface area contributed by atoms with Crippen LogP contribution in [0.25, 0.3) is 0 Å². The minimum absolute atomic E-state index is 0.288. The number of rotatable bonds is 1. The van der Waals surface area contributed by atoms with Gasteiger partial charge in [-0.05, 0) is 13.8 Å². The van der Waals surface area contributed by atoms with Gasteiger partial charge in [-0.3, -0.25) is 0 Å². The molecular formula is C6H11N3. The minimum atomic E-state index is 0.288. The second-order valence-electron chi connectivity index (χ2n) is 1.36. The van der Waals surface area contributed by atoms with Crippen molar-refractivity contribution in [2.24, 2.45) is 15.7 Å². The van der Waals surface area contributed by atoms with Crippen molar-refractivity contribution in [2.75, 3.05) is 0 Å². The molecule has 0 unspecified atom stereocenters. The molecule has 0 aliphatic heterocycles. The molecular weight excluding hydrogens is 114 g/mol. The van der Waals surface area contributed by atoms with Crippen LogP contribution in [0.15, 0.2) is 22.3 Å². The molecule has 0 amide bonds. The third-order valence-electron chi connectivity index (χ3n) is 0.617. The van der Waals surface area contributed by atoms with Gasteiger partial charge < -0.3 is 5.73 Å². The summed E-state index contributed by atoms with van der Waals surface area (Å²) in [6, 6.07) is 0. The van der Waals surface area contributed by atoms with Crippen LogP contribution in [0.2, 0.25) is 0 Å². The number of aliphatic imine (C=N–C) groups is 2. The third kappa shape index (κ3) is 4.74. The highest BCUT2D eigenvalue weighted by Gasteiger charge is 1.75. The van der Waals surface area contributed by atoms with E-state index in [2.05, 4.69) is 9.98 Å². The van der Waals surface area contributed by atoms with E-state index in [4.69, 9.17) is 5.73 Å². The number of nitrogens with zero attached hydrogens (tertiary/aromatic N) is 2. The Labute approximate surface area is 55.0 Å². The molecule has 3 nitrogen and oxygen atoms in total. The van der Waals surface area contributed by atoms with Gasteiger partial charge in [0.05, 0.1) is 0 Å². The minimum Gasteiger partial charge on any atom is -0.368 e. The predicted molar refractivity (Wildman–Crippen MR) is 40.6 cm³/mol. The molecule has 50 valence electrons. The smallest absolute Gasteiger partial charge is 0.219 e. The lowest BCUT2D eigenvalue weighted by Crippen LogP contribution is -2.06. The predicted octanol–water partition coefficient (Wildman–Crippen LogP) is 0.925. The lowest BCUT2D eigenvalue weighted by atomic mass is 10.7. The van der Waals surface area contributed by atoms with Gasteiger partial charge in [0, 0.05) is 12.4 Å². The third-order valence-corrected chi connectivity index (χ3v) is 0.617. The zero-order valence-corrected chi connectivity index (χ0v) is 5.70. The quantitative estimate of drug-likeness (QED) is 0.411. The second kappa shape index (κ2) is 5.03. The molecule has 2 N–H and O–H groups in total. The first kappa shape index (κ1) is 7.88. The molecule has 0 saturated carbocycles. The Bertz CT molecular complexity index is 144. The molecule has 0 spiro atoms. The summed E-state index contributed by atoms with van der Waals surface area (Å²) in [6.07, 6.45) is 4.99. The van der Waals surface area contributed by atoms with Crippen LogP contribution in [0.1, 0.15) is 13.8 Å². The molecule has 0 aromatic carbocycles. The first-order valence-corrected chi connectivity index (χ1v) is 2.74. The summed E-state index contributed by atoms with van der Waals surface area (Å²) in [6.45, 7) is 3.66. The van der Waals surface area contributed by atoms with Crippen LogP contribution in [-0.2, 0) is 0 Å². The van der Waals surface area contributed by atoms with Gasteiger partial charge in [-0.2, -0.15) is 0 Å². The number of hydrogen-bond acceptors (Lipinski definition) is 1. The Morgan fingerprint density at radius 3 is 2.56 bits per heavy atom. The first-order chi connectivity index (χ1) is 4.31. The van der Waals surface area contributed by atoms with E-state index in [1.165, 1.54) is 0 Å². The SMILES string of the molecule is CC=NC(N)=N/C=C/C. The number of guanidine groups is 1.